The third-order valence-corrected chi connectivity index (χ3v) is 8.61. The number of carbonyl (C=O) groups excluding carboxylic acids is 2. The molecule has 9 nitrogen and oxygen atoms in total. The van der Waals surface area contributed by atoms with Crippen molar-refractivity contribution in [1.82, 2.24) is 15.2 Å². The normalized spacial score (nSPS) is 14.6. The van der Waals surface area contributed by atoms with Crippen LogP contribution in [0, 0.1) is 13.8 Å². The molecule has 2 heterocycles. The van der Waals surface area contributed by atoms with Crippen molar-refractivity contribution in [2.24, 2.45) is 11.6 Å². The van der Waals surface area contributed by atoms with Gasteiger partial charge in [0.15, 0.2) is 0 Å². The second-order valence-corrected chi connectivity index (χ2v) is 11.4. The summed E-state index contributed by atoms with van der Waals surface area (Å²) in [6.07, 6.45) is 10.1. The molecule has 2 aromatic carbocycles. The van der Waals surface area contributed by atoms with Gasteiger partial charge in [-0.15, -0.1) is 11.8 Å². The van der Waals surface area contributed by atoms with E-state index in [-0.39, 0.29) is 11.9 Å². The van der Waals surface area contributed by atoms with Crippen LogP contribution in [0.25, 0.3) is 0 Å². The summed E-state index contributed by atoms with van der Waals surface area (Å²) < 4.78 is 6.28. The van der Waals surface area contributed by atoms with Gasteiger partial charge < -0.3 is 26.1 Å². The summed E-state index contributed by atoms with van der Waals surface area (Å²) in [5.74, 6) is 6.57. The van der Waals surface area contributed by atoms with Gasteiger partial charge in [0.2, 0.25) is 5.91 Å². The van der Waals surface area contributed by atoms with Crippen molar-refractivity contribution in [2.45, 2.75) is 37.6 Å². The smallest absolute Gasteiger partial charge is 0.252 e. The molecule has 3 aromatic rings. The van der Waals surface area contributed by atoms with Gasteiger partial charge in [-0.1, -0.05) is 54.6 Å². The molecule has 1 unspecified atom stereocenters. The van der Waals surface area contributed by atoms with Crippen LogP contribution in [0.3, 0.4) is 0 Å². The summed E-state index contributed by atoms with van der Waals surface area (Å²) in [7, 11) is 0. The molecule has 0 saturated heterocycles. The molecular weight excluding hydrogens is 572 g/mol. The third kappa shape index (κ3) is 9.23. The first-order valence-electron chi connectivity index (χ1n) is 14.6. The quantitative estimate of drug-likeness (QED) is 0.0641. The Morgan fingerprint density at radius 1 is 1.07 bits per heavy atom. The van der Waals surface area contributed by atoms with Crippen LogP contribution in [0.15, 0.2) is 108 Å². The SMILES string of the molecule is Cc1cccc(C)c1SCC1C=CC(OCCc2ccccc2)=C(C=CC(N)=O)N1CCCNC(=O)c1ccc(NN)nc1. The first kappa shape index (κ1) is 32.4. The Kier molecular flexibility index (Phi) is 12.0. The number of hydrogen-bond acceptors (Lipinski definition) is 8. The van der Waals surface area contributed by atoms with E-state index in [1.165, 1.54) is 33.9 Å². The number of nitrogen functional groups attached to an aromatic ring is 1. The minimum absolute atomic E-state index is 0.0178. The molecule has 0 radical (unpaired) electrons. The van der Waals surface area contributed by atoms with Gasteiger partial charge in [-0.25, -0.2) is 10.8 Å². The van der Waals surface area contributed by atoms with E-state index in [0.29, 0.717) is 43.3 Å². The van der Waals surface area contributed by atoms with Gasteiger partial charge in [-0.2, -0.15) is 0 Å². The second-order valence-electron chi connectivity index (χ2n) is 10.4. The highest BCUT2D eigenvalue weighted by atomic mass is 32.2. The summed E-state index contributed by atoms with van der Waals surface area (Å²) in [5, 5.41) is 2.97. The van der Waals surface area contributed by atoms with Crippen LogP contribution in [-0.2, 0) is 16.0 Å². The van der Waals surface area contributed by atoms with Crippen LogP contribution in [-0.4, -0.2) is 53.2 Å². The number of rotatable bonds is 15. The Labute approximate surface area is 263 Å². The summed E-state index contributed by atoms with van der Waals surface area (Å²) >= 11 is 1.81. The van der Waals surface area contributed by atoms with Crippen molar-refractivity contribution in [1.29, 1.82) is 0 Å². The molecule has 230 valence electrons. The predicted octanol–water partition coefficient (Wildman–Crippen LogP) is 4.65. The standard InChI is InChI=1S/C34H40N6O3S/c1-24-8-6-9-25(2)33(24)44-23-28-13-15-30(43-21-18-26-10-4-3-5-11-26)29(14-16-31(35)41)40(28)20-7-19-37-34(42)27-12-17-32(39-36)38-22-27/h3-6,8-17,22,28H,7,18-21,23,36H2,1-2H3,(H2,35,41)(H,37,42)(H,38,39). The van der Waals surface area contributed by atoms with Crippen LogP contribution in [0.1, 0.15) is 33.5 Å². The minimum atomic E-state index is -0.533. The Morgan fingerprint density at radius 2 is 1.84 bits per heavy atom. The van der Waals surface area contributed by atoms with Gasteiger partial charge >= 0.3 is 0 Å². The molecule has 0 fully saturated rings. The van der Waals surface area contributed by atoms with Crippen molar-refractivity contribution in [3.63, 3.8) is 0 Å². The lowest BCUT2D eigenvalue weighted by molar-refractivity contribution is -0.113. The van der Waals surface area contributed by atoms with E-state index in [1.54, 1.807) is 18.2 Å². The zero-order valence-corrected chi connectivity index (χ0v) is 26.0. The molecule has 6 N–H and O–H groups in total. The lowest BCUT2D eigenvalue weighted by Gasteiger charge is -2.36. The van der Waals surface area contributed by atoms with Gasteiger partial charge in [-0.3, -0.25) is 9.59 Å². The topological polar surface area (TPSA) is 136 Å². The van der Waals surface area contributed by atoms with Crippen molar-refractivity contribution < 1.29 is 14.3 Å². The molecule has 4 rings (SSSR count). The molecule has 0 bridgehead atoms. The zero-order valence-electron chi connectivity index (χ0n) is 25.2. The molecule has 1 aromatic heterocycles. The van der Waals surface area contributed by atoms with Gasteiger partial charge in [0, 0.05) is 42.4 Å². The molecule has 44 heavy (non-hydrogen) atoms. The van der Waals surface area contributed by atoms with Crippen molar-refractivity contribution in [2.75, 3.05) is 30.9 Å². The van der Waals surface area contributed by atoms with Crippen LogP contribution in [0.4, 0.5) is 5.82 Å². The number of carbonyl (C=O) groups is 2. The Morgan fingerprint density at radius 3 is 2.52 bits per heavy atom. The molecule has 0 saturated carbocycles. The number of amides is 2. The van der Waals surface area contributed by atoms with Crippen molar-refractivity contribution in [3.8, 4) is 0 Å². The molecule has 1 atom stereocenters. The fourth-order valence-corrected chi connectivity index (χ4v) is 6.11. The van der Waals surface area contributed by atoms with Crippen LogP contribution in [0.5, 0.6) is 0 Å². The number of nitrogens with one attached hydrogen (secondary N) is 2. The average Bonchev–Trinajstić information content (AvgIpc) is 3.03. The number of allylic oxidation sites excluding steroid dienone is 2. The number of nitrogens with zero attached hydrogens (tertiary/aromatic N) is 2. The van der Waals surface area contributed by atoms with Crippen molar-refractivity contribution >= 4 is 29.4 Å². The van der Waals surface area contributed by atoms with E-state index in [1.807, 2.05) is 36.0 Å². The van der Waals surface area contributed by atoms with Gasteiger partial charge in [0.25, 0.3) is 5.91 Å². The summed E-state index contributed by atoms with van der Waals surface area (Å²) in [5.41, 5.74) is 12.9. The highest BCUT2D eigenvalue weighted by molar-refractivity contribution is 7.99. The van der Waals surface area contributed by atoms with E-state index in [2.05, 4.69) is 70.9 Å². The summed E-state index contributed by atoms with van der Waals surface area (Å²) in [6.45, 7) is 5.80. The fraction of sp³-hybridized carbons (Fsp3) is 0.265. The average molecular weight is 613 g/mol. The van der Waals surface area contributed by atoms with E-state index in [4.69, 9.17) is 16.3 Å². The zero-order chi connectivity index (χ0) is 31.3. The maximum absolute atomic E-state index is 12.7. The number of hydrazine groups is 1. The molecule has 10 heteroatoms. The first-order chi connectivity index (χ1) is 21.4. The number of ether oxygens (including phenoxy) is 1. The molecular formula is C34H40N6O3S. The Bertz CT molecular complexity index is 1480. The molecule has 2 amide bonds. The van der Waals surface area contributed by atoms with E-state index in [0.717, 1.165) is 17.9 Å². The number of pyridine rings is 1. The van der Waals surface area contributed by atoms with E-state index in [9.17, 15) is 9.59 Å². The largest absolute Gasteiger partial charge is 0.491 e. The van der Waals surface area contributed by atoms with Crippen molar-refractivity contribution in [3.05, 3.63) is 125 Å². The number of primary amides is 1. The molecule has 1 aliphatic heterocycles. The number of aryl methyl sites for hydroxylation is 2. The lowest BCUT2D eigenvalue weighted by atomic mass is 10.1. The number of aromatic nitrogens is 1. The number of anilines is 1. The van der Waals surface area contributed by atoms with Crippen LogP contribution < -0.4 is 22.3 Å². The van der Waals surface area contributed by atoms with E-state index < -0.39 is 5.91 Å². The van der Waals surface area contributed by atoms with Gasteiger partial charge in [0.05, 0.1) is 23.9 Å². The Hall–Kier alpha value is -4.54. The maximum Gasteiger partial charge on any atom is 0.252 e. The van der Waals surface area contributed by atoms with E-state index >= 15 is 0 Å². The fourth-order valence-electron chi connectivity index (χ4n) is 4.89. The molecule has 1 aliphatic rings. The van der Waals surface area contributed by atoms with Gasteiger partial charge in [-0.05, 0) is 61.2 Å². The highest BCUT2D eigenvalue weighted by Crippen LogP contribution is 2.31. The number of nitrogens with two attached hydrogens (primary N) is 2. The third-order valence-electron chi connectivity index (χ3n) is 7.17. The van der Waals surface area contributed by atoms with Crippen LogP contribution >= 0.6 is 11.8 Å². The van der Waals surface area contributed by atoms with Gasteiger partial charge in [0.1, 0.15) is 11.6 Å². The molecule has 0 aliphatic carbocycles. The monoisotopic (exact) mass is 612 g/mol. The number of hydrogen-bond donors (Lipinski definition) is 4. The second kappa shape index (κ2) is 16.3. The predicted molar refractivity (Wildman–Crippen MR) is 177 cm³/mol. The summed E-state index contributed by atoms with van der Waals surface area (Å²) in [4.78, 5) is 32.1. The van der Waals surface area contributed by atoms with Crippen LogP contribution in [0.2, 0.25) is 0 Å². The summed E-state index contributed by atoms with van der Waals surface area (Å²) in [6, 6.07) is 19.8. The Balaban J connectivity index is 1.50. The minimum Gasteiger partial charge on any atom is -0.491 e. The maximum atomic E-state index is 12.7. The lowest BCUT2D eigenvalue weighted by Crippen LogP contribution is -2.39. The number of benzene rings is 2. The number of thioether (sulfide) groups is 1. The molecule has 0 spiro atoms. The highest BCUT2D eigenvalue weighted by Gasteiger charge is 2.25. The first-order valence-corrected chi connectivity index (χ1v) is 15.6.